The van der Waals surface area contributed by atoms with Gasteiger partial charge in [0.2, 0.25) is 5.89 Å². The lowest BCUT2D eigenvalue weighted by atomic mass is 10.1. The molecule has 1 heterocycles. The predicted molar refractivity (Wildman–Crippen MR) is 97.9 cm³/mol. The van der Waals surface area contributed by atoms with Gasteiger partial charge in [0.1, 0.15) is 4.99 Å². The second-order valence-electron chi connectivity index (χ2n) is 5.30. The molecule has 0 radical (unpaired) electrons. The Morgan fingerprint density at radius 2 is 1.57 bits per heavy atom. The van der Waals surface area contributed by atoms with Gasteiger partial charge < -0.3 is 10.2 Å². The van der Waals surface area contributed by atoms with Crippen molar-refractivity contribution >= 4 is 29.0 Å². The Morgan fingerprint density at radius 3 is 2.13 bits per heavy atom. The number of nitrogens with two attached hydrogens (primary N) is 1. The van der Waals surface area contributed by atoms with Crippen LogP contribution in [0.5, 0.6) is 0 Å². The lowest BCUT2D eigenvalue weighted by Crippen LogP contribution is -2.10. The third kappa shape index (κ3) is 3.63. The largest absolute Gasteiger partial charge is 0.429 e. The summed E-state index contributed by atoms with van der Waals surface area (Å²) in [5.74, 6) is 0.530. The van der Waals surface area contributed by atoms with Crippen molar-refractivity contribution in [1.82, 2.24) is 4.98 Å². The monoisotopic (exact) mass is 340 g/mol. The van der Waals surface area contributed by atoms with Gasteiger partial charge in [0.15, 0.2) is 10.8 Å². The number of hydrogen-bond acceptors (Lipinski definition) is 4. The van der Waals surface area contributed by atoms with E-state index in [1.807, 2.05) is 43.3 Å². The number of hydrogen-bond donors (Lipinski definition) is 1. The van der Waals surface area contributed by atoms with Crippen LogP contribution in [0.3, 0.4) is 0 Å². The smallest absolute Gasteiger partial charge is 0.228 e. The van der Waals surface area contributed by atoms with Crippen LogP contribution in [0.15, 0.2) is 62.9 Å². The van der Waals surface area contributed by atoms with Crippen molar-refractivity contribution < 1.29 is 4.42 Å². The summed E-state index contributed by atoms with van der Waals surface area (Å²) >= 11 is 6.59. The number of aromatic nitrogens is 1. The molecule has 2 N–H and O–H groups in total. The Morgan fingerprint density at radius 1 is 1.00 bits per heavy atom. The van der Waals surface area contributed by atoms with Crippen LogP contribution in [0.25, 0.3) is 11.5 Å². The van der Waals surface area contributed by atoms with E-state index in [1.165, 1.54) is 22.9 Å². The highest BCUT2D eigenvalue weighted by Crippen LogP contribution is 2.34. The minimum atomic E-state index is 0.238. The topological polar surface area (TPSA) is 52.0 Å². The van der Waals surface area contributed by atoms with E-state index in [0.29, 0.717) is 16.7 Å². The van der Waals surface area contributed by atoms with E-state index < -0.39 is 0 Å². The Bertz CT molecular complexity index is 836. The molecule has 0 atom stereocenters. The van der Waals surface area contributed by atoms with Gasteiger partial charge in [-0.25, -0.2) is 4.98 Å². The molecule has 5 heteroatoms. The highest BCUT2D eigenvalue weighted by Gasteiger charge is 2.18. The maximum atomic E-state index is 5.92. The fraction of sp³-hybridized carbons (Fsp3) is 0.111. The van der Waals surface area contributed by atoms with Crippen molar-refractivity contribution in [2.24, 2.45) is 5.73 Å². The van der Waals surface area contributed by atoms with Crippen LogP contribution in [-0.2, 0) is 0 Å². The first kappa shape index (κ1) is 15.8. The highest BCUT2D eigenvalue weighted by atomic mass is 32.2. The number of aryl methyl sites for hydroxylation is 2. The molecule has 0 saturated carbocycles. The van der Waals surface area contributed by atoms with Gasteiger partial charge in [0, 0.05) is 10.5 Å². The lowest BCUT2D eigenvalue weighted by molar-refractivity contribution is 0.483. The van der Waals surface area contributed by atoms with Crippen LogP contribution in [0.2, 0.25) is 0 Å². The van der Waals surface area contributed by atoms with Gasteiger partial charge in [-0.3, -0.25) is 0 Å². The van der Waals surface area contributed by atoms with Crippen molar-refractivity contribution in [1.29, 1.82) is 0 Å². The van der Waals surface area contributed by atoms with Gasteiger partial charge in [0.05, 0.1) is 0 Å². The summed E-state index contributed by atoms with van der Waals surface area (Å²) < 4.78 is 5.92. The molecule has 0 saturated heterocycles. The minimum absolute atomic E-state index is 0.238. The molecule has 3 rings (SSSR count). The van der Waals surface area contributed by atoms with Crippen molar-refractivity contribution in [3.05, 3.63) is 65.4 Å². The number of benzene rings is 2. The maximum absolute atomic E-state index is 5.92. The molecule has 0 aliphatic carbocycles. The fourth-order valence-corrected chi connectivity index (χ4v) is 3.13. The summed E-state index contributed by atoms with van der Waals surface area (Å²) in [4.78, 5) is 5.76. The average molecular weight is 340 g/mol. The van der Waals surface area contributed by atoms with E-state index in [1.54, 1.807) is 0 Å². The summed E-state index contributed by atoms with van der Waals surface area (Å²) in [6.45, 7) is 4.09. The van der Waals surface area contributed by atoms with Crippen LogP contribution in [0, 0.1) is 13.8 Å². The first-order valence-electron chi connectivity index (χ1n) is 7.15. The first-order chi connectivity index (χ1) is 11.0. The van der Waals surface area contributed by atoms with Crippen LogP contribution >= 0.6 is 24.0 Å². The van der Waals surface area contributed by atoms with E-state index >= 15 is 0 Å². The quantitative estimate of drug-likeness (QED) is 0.695. The van der Waals surface area contributed by atoms with Crippen LogP contribution in [-0.4, -0.2) is 9.97 Å². The molecule has 23 heavy (non-hydrogen) atoms. The first-order valence-corrected chi connectivity index (χ1v) is 8.37. The van der Waals surface area contributed by atoms with E-state index in [0.717, 1.165) is 10.5 Å². The van der Waals surface area contributed by atoms with Gasteiger partial charge in [-0.05, 0) is 49.9 Å². The summed E-state index contributed by atoms with van der Waals surface area (Å²) in [6.07, 6.45) is 0. The number of thiocarbonyl (C=S) groups is 1. The Balaban J connectivity index is 1.97. The Hall–Kier alpha value is -2.11. The number of oxazole rings is 1. The average Bonchev–Trinajstić information content (AvgIpc) is 2.94. The minimum Gasteiger partial charge on any atom is -0.429 e. The normalized spacial score (nSPS) is 10.7. The molecule has 0 amide bonds. The molecule has 0 aliphatic heterocycles. The third-order valence-electron chi connectivity index (χ3n) is 3.36. The standard InChI is InChI=1S/C18H16N2OS2/c1-11-3-7-13(8-4-11)17-20-15(16(19)22)18(21-17)23-14-9-5-12(2)6-10-14/h3-10H,1-2H3,(H2,19,22). The zero-order chi connectivity index (χ0) is 16.4. The summed E-state index contributed by atoms with van der Waals surface area (Å²) in [7, 11) is 0. The maximum Gasteiger partial charge on any atom is 0.228 e. The van der Waals surface area contributed by atoms with Gasteiger partial charge in [-0.15, -0.1) is 0 Å². The summed E-state index contributed by atoms with van der Waals surface area (Å²) in [5.41, 5.74) is 9.63. The molecule has 0 fully saturated rings. The van der Waals surface area contributed by atoms with Crippen molar-refractivity contribution in [2.45, 2.75) is 23.8 Å². The molecule has 0 bridgehead atoms. The zero-order valence-corrected chi connectivity index (χ0v) is 14.5. The van der Waals surface area contributed by atoms with E-state index in [-0.39, 0.29) is 4.99 Å². The van der Waals surface area contributed by atoms with Crippen molar-refractivity contribution in [2.75, 3.05) is 0 Å². The Kier molecular flexibility index (Phi) is 4.50. The van der Waals surface area contributed by atoms with E-state index in [9.17, 15) is 0 Å². The molecule has 0 aliphatic rings. The van der Waals surface area contributed by atoms with Crippen LogP contribution in [0.4, 0.5) is 0 Å². The van der Waals surface area contributed by atoms with Gasteiger partial charge in [-0.2, -0.15) is 0 Å². The molecule has 1 aromatic heterocycles. The molecule has 3 aromatic rings. The summed E-state index contributed by atoms with van der Waals surface area (Å²) in [5, 5.41) is 0.622. The van der Waals surface area contributed by atoms with Crippen LogP contribution < -0.4 is 5.73 Å². The second kappa shape index (κ2) is 6.56. The summed E-state index contributed by atoms with van der Waals surface area (Å²) in [6, 6.07) is 16.2. The molecular weight excluding hydrogens is 324 g/mol. The molecule has 3 nitrogen and oxygen atoms in total. The van der Waals surface area contributed by atoms with Gasteiger partial charge in [0.25, 0.3) is 0 Å². The van der Waals surface area contributed by atoms with Crippen molar-refractivity contribution in [3.8, 4) is 11.5 Å². The highest BCUT2D eigenvalue weighted by molar-refractivity contribution is 7.99. The molecule has 0 spiro atoms. The zero-order valence-electron chi connectivity index (χ0n) is 12.9. The van der Waals surface area contributed by atoms with Crippen molar-refractivity contribution in [3.63, 3.8) is 0 Å². The van der Waals surface area contributed by atoms with Gasteiger partial charge >= 0.3 is 0 Å². The van der Waals surface area contributed by atoms with E-state index in [2.05, 4.69) is 24.0 Å². The SMILES string of the molecule is Cc1ccc(Sc2oc(-c3ccc(C)cc3)nc2C(N)=S)cc1. The molecule has 0 unspecified atom stereocenters. The lowest BCUT2D eigenvalue weighted by Gasteiger charge is -2.00. The second-order valence-corrected chi connectivity index (χ2v) is 6.79. The molecule has 2 aromatic carbocycles. The third-order valence-corrected chi connectivity index (χ3v) is 4.52. The number of nitrogens with zero attached hydrogens (tertiary/aromatic N) is 1. The Labute approximate surface area is 144 Å². The van der Waals surface area contributed by atoms with E-state index in [4.69, 9.17) is 22.4 Å². The number of rotatable bonds is 4. The fourth-order valence-electron chi connectivity index (χ4n) is 2.06. The molecule has 116 valence electrons. The predicted octanol–water partition coefficient (Wildman–Crippen LogP) is 4.74. The van der Waals surface area contributed by atoms with Crippen LogP contribution in [0.1, 0.15) is 16.8 Å². The van der Waals surface area contributed by atoms with Gasteiger partial charge in [-0.1, -0.05) is 47.6 Å². The molecular formula is C18H16N2OS2.